The third-order valence-electron chi connectivity index (χ3n) is 5.33. The van der Waals surface area contributed by atoms with Gasteiger partial charge in [-0.3, -0.25) is 0 Å². The lowest BCUT2D eigenvalue weighted by Crippen LogP contribution is -2.27. The molecule has 1 nitrogen and oxygen atoms in total. The molecule has 1 unspecified atom stereocenters. The molecule has 25 heavy (non-hydrogen) atoms. The van der Waals surface area contributed by atoms with Gasteiger partial charge in [0.15, 0.2) is 0 Å². The summed E-state index contributed by atoms with van der Waals surface area (Å²) in [6.07, 6.45) is 0.671. The van der Waals surface area contributed by atoms with E-state index < -0.39 is 5.60 Å². The maximum absolute atomic E-state index is 11.8. The summed E-state index contributed by atoms with van der Waals surface area (Å²) >= 11 is 6.05. The molecule has 0 bridgehead atoms. The molecule has 0 heterocycles. The minimum absolute atomic E-state index is 0.0710. The van der Waals surface area contributed by atoms with Crippen LogP contribution in [0.15, 0.2) is 72.8 Å². The Labute approximate surface area is 153 Å². The summed E-state index contributed by atoms with van der Waals surface area (Å²) in [5.74, 6) is 0. The van der Waals surface area contributed by atoms with Gasteiger partial charge in [-0.25, -0.2) is 0 Å². The predicted molar refractivity (Wildman–Crippen MR) is 104 cm³/mol. The Balaban J connectivity index is 1.93. The van der Waals surface area contributed by atoms with E-state index in [1.807, 2.05) is 48.5 Å². The topological polar surface area (TPSA) is 20.2 Å². The summed E-state index contributed by atoms with van der Waals surface area (Å²) < 4.78 is 0. The fraction of sp³-hybridized carbons (Fsp3) is 0.217. The maximum Gasteiger partial charge on any atom is 0.116 e. The minimum atomic E-state index is -0.990. The fourth-order valence-corrected chi connectivity index (χ4v) is 4.36. The van der Waals surface area contributed by atoms with E-state index in [-0.39, 0.29) is 5.41 Å². The average molecular weight is 349 g/mol. The first-order chi connectivity index (χ1) is 11.9. The lowest BCUT2D eigenvalue weighted by atomic mass is 9.80. The van der Waals surface area contributed by atoms with Crippen molar-refractivity contribution in [2.24, 2.45) is 0 Å². The molecule has 1 aliphatic rings. The average Bonchev–Trinajstić information content (AvgIpc) is 2.83. The summed E-state index contributed by atoms with van der Waals surface area (Å²) in [4.78, 5) is 0. The van der Waals surface area contributed by atoms with E-state index in [0.717, 1.165) is 22.3 Å². The Bertz CT molecular complexity index is 927. The highest BCUT2D eigenvalue weighted by Gasteiger charge is 2.48. The molecule has 0 aliphatic heterocycles. The van der Waals surface area contributed by atoms with Gasteiger partial charge in [-0.05, 0) is 51.8 Å². The largest absolute Gasteiger partial charge is 0.380 e. The third-order valence-corrected chi connectivity index (χ3v) is 5.58. The van der Waals surface area contributed by atoms with Crippen LogP contribution in [0, 0.1) is 0 Å². The van der Waals surface area contributed by atoms with Crippen LogP contribution in [0.2, 0.25) is 5.02 Å². The van der Waals surface area contributed by atoms with Gasteiger partial charge in [0.25, 0.3) is 0 Å². The van der Waals surface area contributed by atoms with Gasteiger partial charge in [-0.1, -0.05) is 86.1 Å². The molecule has 1 N–H and O–H groups in total. The first kappa shape index (κ1) is 16.4. The van der Waals surface area contributed by atoms with Gasteiger partial charge in [-0.15, -0.1) is 0 Å². The normalized spacial score (nSPS) is 21.1. The van der Waals surface area contributed by atoms with E-state index in [1.165, 1.54) is 5.56 Å². The van der Waals surface area contributed by atoms with Crippen LogP contribution >= 0.6 is 11.6 Å². The SMILES string of the molecule is CC1(C)CC(O)(c2ccccc2-c2ccc(Cl)cc2)c2ccccc21. The quantitative estimate of drug-likeness (QED) is 0.609. The van der Waals surface area contributed by atoms with E-state index in [2.05, 4.69) is 38.1 Å². The molecule has 0 saturated heterocycles. The molecule has 0 fully saturated rings. The van der Waals surface area contributed by atoms with E-state index in [4.69, 9.17) is 11.6 Å². The Morgan fingerprint density at radius 3 is 2.00 bits per heavy atom. The van der Waals surface area contributed by atoms with Crippen LogP contribution < -0.4 is 0 Å². The number of aliphatic hydroxyl groups is 1. The summed E-state index contributed by atoms with van der Waals surface area (Å²) in [5, 5.41) is 12.5. The third kappa shape index (κ3) is 2.59. The molecular weight excluding hydrogens is 328 g/mol. The van der Waals surface area contributed by atoms with Crippen LogP contribution in [0.1, 0.15) is 37.0 Å². The van der Waals surface area contributed by atoms with Crippen molar-refractivity contribution in [3.05, 3.63) is 94.5 Å². The summed E-state index contributed by atoms with van der Waals surface area (Å²) in [6, 6.07) is 24.2. The van der Waals surface area contributed by atoms with Gasteiger partial charge in [0.05, 0.1) is 0 Å². The lowest BCUT2D eigenvalue weighted by molar-refractivity contribution is 0.0688. The molecule has 0 amide bonds. The first-order valence-electron chi connectivity index (χ1n) is 8.60. The Kier molecular flexibility index (Phi) is 3.75. The molecular formula is C23H21ClO. The van der Waals surface area contributed by atoms with Crippen LogP contribution in [0.5, 0.6) is 0 Å². The van der Waals surface area contributed by atoms with E-state index >= 15 is 0 Å². The first-order valence-corrected chi connectivity index (χ1v) is 8.97. The lowest BCUT2D eigenvalue weighted by Gasteiger charge is -2.29. The van der Waals surface area contributed by atoms with Gasteiger partial charge in [-0.2, -0.15) is 0 Å². The van der Waals surface area contributed by atoms with Crippen LogP contribution in [0.25, 0.3) is 11.1 Å². The number of benzene rings is 3. The van der Waals surface area contributed by atoms with Crippen molar-refractivity contribution in [1.29, 1.82) is 0 Å². The molecule has 3 aromatic carbocycles. The minimum Gasteiger partial charge on any atom is -0.380 e. The smallest absolute Gasteiger partial charge is 0.116 e. The summed E-state index contributed by atoms with van der Waals surface area (Å²) in [6.45, 7) is 4.41. The summed E-state index contributed by atoms with van der Waals surface area (Å²) in [7, 11) is 0. The van der Waals surface area contributed by atoms with Crippen LogP contribution in [-0.4, -0.2) is 5.11 Å². The Morgan fingerprint density at radius 1 is 0.760 bits per heavy atom. The van der Waals surface area contributed by atoms with Crippen molar-refractivity contribution in [3.8, 4) is 11.1 Å². The molecule has 1 atom stereocenters. The second-order valence-corrected chi connectivity index (χ2v) is 7.96. The molecule has 0 saturated carbocycles. The van der Waals surface area contributed by atoms with Crippen molar-refractivity contribution in [1.82, 2.24) is 0 Å². The molecule has 2 heteroatoms. The predicted octanol–water partition coefficient (Wildman–Crippen LogP) is 5.92. The van der Waals surface area contributed by atoms with Crippen LogP contribution in [0.4, 0.5) is 0 Å². The highest BCUT2D eigenvalue weighted by atomic mass is 35.5. The zero-order chi connectivity index (χ0) is 17.7. The molecule has 126 valence electrons. The highest BCUT2D eigenvalue weighted by Crippen LogP contribution is 2.52. The molecule has 0 radical (unpaired) electrons. The van der Waals surface area contributed by atoms with E-state index in [9.17, 15) is 5.11 Å². The highest BCUT2D eigenvalue weighted by molar-refractivity contribution is 6.30. The maximum atomic E-state index is 11.8. The van der Waals surface area contributed by atoms with Gasteiger partial charge < -0.3 is 5.11 Å². The zero-order valence-electron chi connectivity index (χ0n) is 14.5. The number of hydrogen-bond donors (Lipinski definition) is 1. The number of fused-ring (bicyclic) bond motifs is 1. The van der Waals surface area contributed by atoms with Gasteiger partial charge in [0.1, 0.15) is 5.60 Å². The standard InChI is InChI=1S/C23H21ClO/c1-22(2)15-23(25,21-10-6-5-9-20(21)22)19-8-4-3-7-18(19)16-11-13-17(24)14-12-16/h3-14,25H,15H2,1-2H3. The van der Waals surface area contributed by atoms with E-state index in [1.54, 1.807) is 0 Å². The second kappa shape index (κ2) is 5.72. The number of hydrogen-bond acceptors (Lipinski definition) is 1. The molecule has 0 aromatic heterocycles. The Hall–Kier alpha value is -2.09. The molecule has 4 rings (SSSR count). The van der Waals surface area contributed by atoms with Crippen molar-refractivity contribution < 1.29 is 5.11 Å². The van der Waals surface area contributed by atoms with Crippen molar-refractivity contribution in [2.45, 2.75) is 31.3 Å². The monoisotopic (exact) mass is 348 g/mol. The molecule has 0 spiro atoms. The van der Waals surface area contributed by atoms with Crippen molar-refractivity contribution in [3.63, 3.8) is 0 Å². The zero-order valence-corrected chi connectivity index (χ0v) is 15.2. The molecule has 1 aliphatic carbocycles. The van der Waals surface area contributed by atoms with Crippen LogP contribution in [0.3, 0.4) is 0 Å². The number of halogens is 1. The van der Waals surface area contributed by atoms with Crippen molar-refractivity contribution >= 4 is 11.6 Å². The number of rotatable bonds is 2. The Morgan fingerprint density at radius 2 is 1.32 bits per heavy atom. The van der Waals surface area contributed by atoms with Gasteiger partial charge >= 0.3 is 0 Å². The second-order valence-electron chi connectivity index (χ2n) is 7.52. The molecule has 3 aromatic rings. The van der Waals surface area contributed by atoms with E-state index in [0.29, 0.717) is 11.4 Å². The summed E-state index contributed by atoms with van der Waals surface area (Å²) in [5.41, 5.74) is 4.25. The fourth-order valence-electron chi connectivity index (χ4n) is 4.23. The van der Waals surface area contributed by atoms with Gasteiger partial charge in [0.2, 0.25) is 0 Å². The van der Waals surface area contributed by atoms with Gasteiger partial charge in [0, 0.05) is 5.02 Å². The van der Waals surface area contributed by atoms with Crippen LogP contribution in [-0.2, 0) is 11.0 Å². The van der Waals surface area contributed by atoms with Crippen molar-refractivity contribution in [2.75, 3.05) is 0 Å².